The number of nitrogens with one attached hydrogen (secondary N) is 1. The fraction of sp³-hybridized carbons (Fsp3) is 0.417. The molecule has 2 aliphatic rings. The van der Waals surface area contributed by atoms with Crippen molar-refractivity contribution in [1.29, 1.82) is 0 Å². The number of nitrogens with zero attached hydrogens (tertiary/aromatic N) is 1. The van der Waals surface area contributed by atoms with Gasteiger partial charge in [0.1, 0.15) is 0 Å². The van der Waals surface area contributed by atoms with Crippen LogP contribution in [0.5, 0.6) is 0 Å². The molecule has 32 heavy (non-hydrogen) atoms. The molecule has 1 fully saturated rings. The summed E-state index contributed by atoms with van der Waals surface area (Å²) in [6, 6.07) is 13.4. The van der Waals surface area contributed by atoms with E-state index in [1.54, 1.807) is 6.07 Å². The Morgan fingerprint density at radius 2 is 1.78 bits per heavy atom. The Hall–Kier alpha value is -2.87. The van der Waals surface area contributed by atoms with Crippen LogP contribution in [0.25, 0.3) is 0 Å². The van der Waals surface area contributed by atoms with Crippen LogP contribution >= 0.6 is 0 Å². The molecule has 2 aromatic carbocycles. The lowest BCUT2D eigenvalue weighted by Crippen LogP contribution is -2.38. The minimum Gasteiger partial charge on any atom is -0.452 e. The van der Waals surface area contributed by atoms with Gasteiger partial charge in [-0.25, -0.2) is 13.2 Å². The Labute approximate surface area is 188 Å². The summed E-state index contributed by atoms with van der Waals surface area (Å²) in [7, 11) is -3.84. The van der Waals surface area contributed by atoms with Gasteiger partial charge < -0.3 is 10.1 Å². The van der Waals surface area contributed by atoms with E-state index in [-0.39, 0.29) is 29.0 Å². The molecule has 0 unspecified atom stereocenters. The third-order valence-corrected chi connectivity index (χ3v) is 7.84. The predicted octanol–water partition coefficient (Wildman–Crippen LogP) is 3.43. The molecule has 0 bridgehead atoms. The van der Waals surface area contributed by atoms with E-state index in [9.17, 15) is 18.0 Å². The first-order valence-corrected chi connectivity index (χ1v) is 12.6. The van der Waals surface area contributed by atoms with Gasteiger partial charge in [0.25, 0.3) is 15.9 Å². The summed E-state index contributed by atoms with van der Waals surface area (Å²) < 4.78 is 33.2. The lowest BCUT2D eigenvalue weighted by atomic mass is 9.95. The minimum atomic E-state index is -3.84. The first kappa shape index (κ1) is 22.3. The van der Waals surface area contributed by atoms with Crippen molar-refractivity contribution < 1.29 is 22.7 Å². The molecule has 1 amide bonds. The maximum atomic E-state index is 13.3. The van der Waals surface area contributed by atoms with Gasteiger partial charge in [0.15, 0.2) is 6.61 Å². The topological polar surface area (TPSA) is 92.8 Å². The van der Waals surface area contributed by atoms with Crippen LogP contribution in [0, 0.1) is 0 Å². The zero-order valence-corrected chi connectivity index (χ0v) is 18.8. The highest BCUT2D eigenvalue weighted by molar-refractivity contribution is 7.92. The lowest BCUT2D eigenvalue weighted by Gasteiger charge is -2.30. The Morgan fingerprint density at radius 3 is 2.59 bits per heavy atom. The van der Waals surface area contributed by atoms with Crippen molar-refractivity contribution in [2.24, 2.45) is 0 Å². The highest BCUT2D eigenvalue weighted by Gasteiger charge is 2.29. The van der Waals surface area contributed by atoms with Gasteiger partial charge in [-0.05, 0) is 55.5 Å². The first-order valence-electron chi connectivity index (χ1n) is 11.1. The van der Waals surface area contributed by atoms with Gasteiger partial charge in [0.05, 0.1) is 16.1 Å². The fourth-order valence-corrected chi connectivity index (χ4v) is 5.98. The van der Waals surface area contributed by atoms with Gasteiger partial charge in [-0.2, -0.15) is 0 Å². The zero-order valence-electron chi connectivity index (χ0n) is 18.0. The molecule has 1 aliphatic carbocycles. The van der Waals surface area contributed by atoms with Crippen LogP contribution in [0.2, 0.25) is 0 Å². The number of carbonyl (C=O) groups is 2. The Kier molecular flexibility index (Phi) is 6.79. The monoisotopic (exact) mass is 456 g/mol. The summed E-state index contributed by atoms with van der Waals surface area (Å²) >= 11 is 0. The molecule has 2 aromatic rings. The maximum Gasteiger partial charge on any atom is 0.338 e. The molecule has 1 saturated carbocycles. The number of anilines is 1. The number of aryl methyl sites for hydroxylation is 1. The first-order chi connectivity index (χ1) is 15.4. The van der Waals surface area contributed by atoms with Crippen molar-refractivity contribution in [2.75, 3.05) is 17.5 Å². The van der Waals surface area contributed by atoms with Crippen LogP contribution < -0.4 is 9.62 Å². The Balaban J connectivity index is 1.44. The molecule has 0 aromatic heterocycles. The molecular weight excluding hydrogens is 428 g/mol. The molecule has 7 nitrogen and oxygen atoms in total. The minimum absolute atomic E-state index is 0.0234. The van der Waals surface area contributed by atoms with Crippen LogP contribution in [-0.4, -0.2) is 39.5 Å². The second kappa shape index (κ2) is 9.73. The second-order valence-corrected chi connectivity index (χ2v) is 10.2. The molecule has 1 heterocycles. The van der Waals surface area contributed by atoms with Crippen molar-refractivity contribution >= 4 is 27.6 Å². The molecule has 1 N–H and O–H groups in total. The van der Waals surface area contributed by atoms with Gasteiger partial charge >= 0.3 is 5.97 Å². The van der Waals surface area contributed by atoms with Crippen molar-refractivity contribution in [3.63, 3.8) is 0 Å². The Bertz CT molecular complexity index is 1090. The average Bonchev–Trinajstić information content (AvgIpc) is 2.83. The number of carbonyl (C=O) groups excluding carboxylic acids is 2. The molecule has 1 aliphatic heterocycles. The van der Waals surface area contributed by atoms with Crippen molar-refractivity contribution in [2.45, 2.75) is 55.9 Å². The third kappa shape index (κ3) is 4.96. The zero-order chi connectivity index (χ0) is 22.6. The van der Waals surface area contributed by atoms with Crippen LogP contribution in [0.3, 0.4) is 0 Å². The fourth-order valence-electron chi connectivity index (χ4n) is 4.39. The highest BCUT2D eigenvalue weighted by Crippen LogP contribution is 2.32. The largest absolute Gasteiger partial charge is 0.452 e. The van der Waals surface area contributed by atoms with Crippen LogP contribution in [0.1, 0.15) is 54.4 Å². The summed E-state index contributed by atoms with van der Waals surface area (Å²) in [5.41, 5.74) is 1.76. The number of ether oxygens (including phenoxy) is 1. The number of fused-ring (bicyclic) bond motifs is 1. The predicted molar refractivity (Wildman–Crippen MR) is 121 cm³/mol. The number of benzene rings is 2. The smallest absolute Gasteiger partial charge is 0.338 e. The molecule has 0 radical (unpaired) electrons. The molecule has 8 heteroatoms. The van der Waals surface area contributed by atoms with Crippen molar-refractivity contribution in [3.8, 4) is 0 Å². The standard InChI is InChI=1S/C24H28N2O5S/c27-23(25-20-11-2-1-3-12-20)17-31-24(28)19-9-6-13-21(16-19)32(29,30)26-15-7-10-18-8-4-5-14-22(18)26/h4-6,8-9,13-14,16,20H,1-3,7,10-12,15,17H2,(H,25,27). The molecule has 170 valence electrons. The van der Waals surface area contributed by atoms with Gasteiger partial charge in [-0.1, -0.05) is 43.5 Å². The van der Waals surface area contributed by atoms with E-state index in [2.05, 4.69) is 5.32 Å². The van der Waals surface area contributed by atoms with Gasteiger partial charge in [-0.15, -0.1) is 0 Å². The van der Waals surface area contributed by atoms with Gasteiger partial charge in [-0.3, -0.25) is 9.10 Å². The molecule has 4 rings (SSSR count). The molecule has 0 spiro atoms. The maximum absolute atomic E-state index is 13.3. The van der Waals surface area contributed by atoms with Gasteiger partial charge in [0.2, 0.25) is 0 Å². The Morgan fingerprint density at radius 1 is 1.00 bits per heavy atom. The van der Waals surface area contributed by atoms with Crippen molar-refractivity contribution in [3.05, 3.63) is 59.7 Å². The molecular formula is C24H28N2O5S. The third-order valence-electron chi connectivity index (χ3n) is 6.03. The number of esters is 1. The normalized spacial score (nSPS) is 16.8. The summed E-state index contributed by atoms with van der Waals surface area (Å²) in [4.78, 5) is 24.6. The second-order valence-electron chi connectivity index (χ2n) is 8.32. The van der Waals surface area contributed by atoms with E-state index < -0.39 is 16.0 Å². The number of rotatable bonds is 6. The number of para-hydroxylation sites is 1. The number of sulfonamides is 1. The summed E-state index contributed by atoms with van der Waals surface area (Å²) in [6.45, 7) is 0.00116. The van der Waals surface area contributed by atoms with Crippen LogP contribution in [0.15, 0.2) is 53.4 Å². The van der Waals surface area contributed by atoms with E-state index in [0.29, 0.717) is 12.2 Å². The lowest BCUT2D eigenvalue weighted by molar-refractivity contribution is -0.125. The molecule has 0 saturated heterocycles. The summed E-state index contributed by atoms with van der Waals surface area (Å²) in [5, 5.41) is 2.90. The van der Waals surface area contributed by atoms with E-state index in [1.165, 1.54) is 35.0 Å². The number of hydrogen-bond donors (Lipinski definition) is 1. The van der Waals surface area contributed by atoms with Crippen molar-refractivity contribution in [1.82, 2.24) is 5.32 Å². The van der Waals surface area contributed by atoms with E-state index in [4.69, 9.17) is 4.74 Å². The highest BCUT2D eigenvalue weighted by atomic mass is 32.2. The summed E-state index contributed by atoms with van der Waals surface area (Å²) in [6.07, 6.45) is 6.81. The molecule has 0 atom stereocenters. The van der Waals surface area contributed by atoms with Crippen LogP contribution in [-0.2, 0) is 26.0 Å². The average molecular weight is 457 g/mol. The SMILES string of the molecule is O=C(COC(=O)c1cccc(S(=O)(=O)N2CCCc3ccccc32)c1)NC1CCCCC1. The van der Waals surface area contributed by atoms with E-state index in [1.807, 2.05) is 18.2 Å². The number of amides is 1. The van der Waals surface area contributed by atoms with E-state index in [0.717, 1.165) is 44.1 Å². The number of hydrogen-bond acceptors (Lipinski definition) is 5. The van der Waals surface area contributed by atoms with Gasteiger partial charge in [0, 0.05) is 12.6 Å². The summed E-state index contributed by atoms with van der Waals surface area (Å²) in [5.74, 6) is -1.06. The quantitative estimate of drug-likeness (QED) is 0.673. The van der Waals surface area contributed by atoms with Crippen LogP contribution in [0.4, 0.5) is 5.69 Å². The van der Waals surface area contributed by atoms with E-state index >= 15 is 0 Å².